The van der Waals surface area contributed by atoms with Gasteiger partial charge in [-0.1, -0.05) is 0 Å². The van der Waals surface area contributed by atoms with Crippen LogP contribution in [0.5, 0.6) is 0 Å². The minimum Gasteiger partial charge on any atom is -0.313 e. The number of nitrogens with zero attached hydrogens (tertiary/aromatic N) is 2. The molecule has 2 aromatic heterocycles. The highest BCUT2D eigenvalue weighted by Crippen LogP contribution is 2.40. The molecule has 5 nitrogen and oxygen atoms in total. The number of aryl methyl sites for hydroxylation is 1. The van der Waals surface area contributed by atoms with Crippen LogP contribution in [0.2, 0.25) is 0 Å². The molecule has 1 aliphatic carbocycles. The Morgan fingerprint density at radius 3 is 2.61 bits per heavy atom. The Hall–Kier alpha value is -2.58. The van der Waals surface area contributed by atoms with E-state index in [0.29, 0.717) is 17.8 Å². The third-order valence-electron chi connectivity index (χ3n) is 5.11. The first-order valence-corrected chi connectivity index (χ1v) is 10.3. The van der Waals surface area contributed by atoms with Crippen LogP contribution in [0.1, 0.15) is 29.4 Å². The van der Waals surface area contributed by atoms with E-state index in [1.54, 1.807) is 26.1 Å². The zero-order valence-corrected chi connectivity index (χ0v) is 16.2. The van der Waals surface area contributed by atoms with E-state index in [1.165, 1.54) is 22.3 Å². The molecule has 0 saturated carbocycles. The summed E-state index contributed by atoms with van der Waals surface area (Å²) >= 11 is 0. The first kappa shape index (κ1) is 18.8. The molecule has 0 radical (unpaired) electrons. The fourth-order valence-electron chi connectivity index (χ4n) is 3.71. The van der Waals surface area contributed by atoms with Crippen molar-refractivity contribution in [3.05, 3.63) is 71.2 Å². The van der Waals surface area contributed by atoms with Crippen molar-refractivity contribution >= 4 is 10.0 Å². The Balaban J connectivity index is 1.99. The first-order valence-electron chi connectivity index (χ1n) is 8.88. The van der Waals surface area contributed by atoms with Gasteiger partial charge in [0.1, 0.15) is 16.5 Å². The van der Waals surface area contributed by atoms with Crippen molar-refractivity contribution in [1.82, 2.24) is 14.3 Å². The molecule has 0 aliphatic heterocycles. The first-order chi connectivity index (χ1) is 13.3. The maximum Gasteiger partial charge on any atom is 0.269 e. The standard InChI is InChI=1S/C20H19F2N3O2S/c1-12-3-5-14(11-24-12)28(26,27)25-19-8-7-18(23-2)16(19)10-20(25)15-6-4-13(21)9-17(15)22/h3-6,9-11,18,23H,7-8H2,1-2H3. The van der Waals surface area contributed by atoms with Crippen molar-refractivity contribution < 1.29 is 17.2 Å². The molecule has 0 saturated heterocycles. The predicted octanol–water partition coefficient (Wildman–Crippen LogP) is 3.58. The molecule has 1 unspecified atom stereocenters. The molecule has 1 atom stereocenters. The lowest BCUT2D eigenvalue weighted by atomic mass is 10.1. The van der Waals surface area contributed by atoms with Gasteiger partial charge in [-0.15, -0.1) is 0 Å². The summed E-state index contributed by atoms with van der Waals surface area (Å²) in [4.78, 5) is 4.10. The van der Waals surface area contributed by atoms with Gasteiger partial charge in [0.25, 0.3) is 10.0 Å². The van der Waals surface area contributed by atoms with Gasteiger partial charge >= 0.3 is 0 Å². The van der Waals surface area contributed by atoms with Crippen LogP contribution in [0.15, 0.2) is 47.5 Å². The topological polar surface area (TPSA) is 64.0 Å². The van der Waals surface area contributed by atoms with Crippen LogP contribution >= 0.6 is 0 Å². The van der Waals surface area contributed by atoms with Crippen LogP contribution in [0.25, 0.3) is 11.3 Å². The predicted molar refractivity (Wildman–Crippen MR) is 101 cm³/mol. The van der Waals surface area contributed by atoms with Crippen LogP contribution in [0.4, 0.5) is 8.78 Å². The summed E-state index contributed by atoms with van der Waals surface area (Å²) in [6, 6.07) is 7.90. The van der Waals surface area contributed by atoms with Crippen LogP contribution in [-0.4, -0.2) is 24.4 Å². The lowest BCUT2D eigenvalue weighted by Crippen LogP contribution is -2.17. The second kappa shape index (κ2) is 6.79. The Labute approximate surface area is 162 Å². The Bertz CT molecular complexity index is 1150. The molecular weight excluding hydrogens is 384 g/mol. The SMILES string of the molecule is CNC1CCc2c1cc(-c1ccc(F)cc1F)n2S(=O)(=O)c1ccc(C)nc1. The summed E-state index contributed by atoms with van der Waals surface area (Å²) in [6.45, 7) is 1.76. The Kier molecular flexibility index (Phi) is 4.55. The molecular formula is C20H19F2N3O2S. The molecule has 0 fully saturated rings. The molecule has 3 aromatic rings. The number of fused-ring (bicyclic) bond motifs is 1. The van der Waals surface area contributed by atoms with Crippen molar-refractivity contribution in [3.63, 3.8) is 0 Å². The molecule has 1 N–H and O–H groups in total. The van der Waals surface area contributed by atoms with Crippen molar-refractivity contribution in [2.45, 2.75) is 30.7 Å². The van der Waals surface area contributed by atoms with Gasteiger partial charge < -0.3 is 5.32 Å². The molecule has 2 heterocycles. The minimum absolute atomic E-state index is 0.0215. The normalized spacial score (nSPS) is 16.4. The fourth-order valence-corrected chi connectivity index (χ4v) is 5.24. The number of halogens is 2. The van der Waals surface area contributed by atoms with E-state index in [-0.39, 0.29) is 22.2 Å². The largest absolute Gasteiger partial charge is 0.313 e. The third kappa shape index (κ3) is 2.93. The summed E-state index contributed by atoms with van der Waals surface area (Å²) in [5, 5.41) is 3.16. The molecule has 0 amide bonds. The average Bonchev–Trinajstić information content (AvgIpc) is 3.20. The zero-order valence-electron chi connectivity index (χ0n) is 15.4. The maximum absolute atomic E-state index is 14.5. The van der Waals surface area contributed by atoms with Crippen molar-refractivity contribution in [3.8, 4) is 11.3 Å². The number of hydrogen-bond donors (Lipinski definition) is 1. The fraction of sp³-hybridized carbons (Fsp3) is 0.250. The average molecular weight is 403 g/mol. The second-order valence-corrected chi connectivity index (χ2v) is 8.63. The van der Waals surface area contributed by atoms with Crippen LogP contribution in [0, 0.1) is 18.6 Å². The summed E-state index contributed by atoms with van der Waals surface area (Å²) in [5.41, 5.74) is 2.33. The van der Waals surface area contributed by atoms with Crippen LogP contribution < -0.4 is 5.32 Å². The van der Waals surface area contributed by atoms with Gasteiger partial charge in [0.05, 0.1) is 5.69 Å². The van der Waals surface area contributed by atoms with Gasteiger partial charge in [0, 0.05) is 35.3 Å². The zero-order chi connectivity index (χ0) is 20.1. The highest BCUT2D eigenvalue weighted by atomic mass is 32.2. The van der Waals surface area contributed by atoms with Crippen LogP contribution in [0.3, 0.4) is 0 Å². The summed E-state index contributed by atoms with van der Waals surface area (Å²) in [7, 11) is -2.21. The molecule has 1 aliphatic rings. The molecule has 1 aromatic carbocycles. The highest BCUT2D eigenvalue weighted by Gasteiger charge is 2.33. The number of benzene rings is 1. The van der Waals surface area contributed by atoms with Gasteiger partial charge in [0.2, 0.25) is 0 Å². The highest BCUT2D eigenvalue weighted by molar-refractivity contribution is 7.90. The van der Waals surface area contributed by atoms with E-state index in [0.717, 1.165) is 24.1 Å². The van der Waals surface area contributed by atoms with Crippen LogP contribution in [-0.2, 0) is 16.4 Å². The Morgan fingerprint density at radius 1 is 1.18 bits per heavy atom. The number of pyridine rings is 1. The Morgan fingerprint density at radius 2 is 1.96 bits per heavy atom. The maximum atomic E-state index is 14.5. The number of hydrogen-bond acceptors (Lipinski definition) is 4. The number of rotatable bonds is 4. The second-order valence-electron chi connectivity index (χ2n) is 6.84. The summed E-state index contributed by atoms with van der Waals surface area (Å²) < 4.78 is 56.0. The summed E-state index contributed by atoms with van der Waals surface area (Å²) in [6.07, 6.45) is 2.57. The lowest BCUT2D eigenvalue weighted by molar-refractivity contribution is 0.578. The number of nitrogens with one attached hydrogen (secondary N) is 1. The van der Waals surface area contributed by atoms with Crippen molar-refractivity contribution in [2.24, 2.45) is 0 Å². The smallest absolute Gasteiger partial charge is 0.269 e. The van der Waals surface area contributed by atoms with E-state index < -0.39 is 21.7 Å². The van der Waals surface area contributed by atoms with Crippen molar-refractivity contribution in [1.29, 1.82) is 0 Å². The molecule has 146 valence electrons. The molecule has 8 heteroatoms. The van der Waals surface area contributed by atoms with Gasteiger partial charge in [-0.3, -0.25) is 4.98 Å². The van der Waals surface area contributed by atoms with Gasteiger partial charge in [-0.05, 0) is 62.7 Å². The third-order valence-corrected chi connectivity index (χ3v) is 6.85. The molecule has 28 heavy (non-hydrogen) atoms. The van der Waals surface area contributed by atoms with Gasteiger partial charge in [0.15, 0.2) is 0 Å². The molecule has 0 spiro atoms. The monoisotopic (exact) mass is 403 g/mol. The van der Waals surface area contributed by atoms with E-state index in [2.05, 4.69) is 10.3 Å². The minimum atomic E-state index is -4.01. The van der Waals surface area contributed by atoms with E-state index in [9.17, 15) is 17.2 Å². The van der Waals surface area contributed by atoms with E-state index in [4.69, 9.17) is 0 Å². The lowest BCUT2D eigenvalue weighted by Gasteiger charge is -2.14. The molecule has 4 rings (SSSR count). The summed E-state index contributed by atoms with van der Waals surface area (Å²) in [5.74, 6) is -1.53. The quantitative estimate of drug-likeness (QED) is 0.723. The van der Waals surface area contributed by atoms with E-state index >= 15 is 0 Å². The van der Waals surface area contributed by atoms with Crippen molar-refractivity contribution in [2.75, 3.05) is 7.05 Å². The van der Waals surface area contributed by atoms with E-state index in [1.807, 2.05) is 0 Å². The number of aromatic nitrogens is 2. The molecule has 0 bridgehead atoms. The van der Waals surface area contributed by atoms with Gasteiger partial charge in [-0.25, -0.2) is 21.2 Å². The van der Waals surface area contributed by atoms with Gasteiger partial charge in [-0.2, -0.15) is 0 Å².